The molecule has 2 aromatic heterocycles. The second-order valence-electron chi connectivity index (χ2n) is 6.61. The van der Waals surface area contributed by atoms with Crippen LogP contribution in [0, 0.1) is 0 Å². The second kappa shape index (κ2) is 7.48. The van der Waals surface area contributed by atoms with Gasteiger partial charge in [-0.3, -0.25) is 14.8 Å². The zero-order chi connectivity index (χ0) is 17.8. The molecule has 4 nitrogen and oxygen atoms in total. The van der Waals surface area contributed by atoms with Gasteiger partial charge >= 0.3 is 0 Å². The SMILES string of the molecule is O=C(c1ccncc1)N1CCC[C@@H]1c1cccc(Cc2ccccc2)n1. The minimum Gasteiger partial charge on any atom is -0.330 e. The Bertz CT molecular complexity index is 880. The van der Waals surface area contributed by atoms with Crippen molar-refractivity contribution in [3.63, 3.8) is 0 Å². The van der Waals surface area contributed by atoms with Crippen LogP contribution < -0.4 is 0 Å². The van der Waals surface area contributed by atoms with Crippen molar-refractivity contribution in [2.45, 2.75) is 25.3 Å². The summed E-state index contributed by atoms with van der Waals surface area (Å²) in [6, 6.07) is 20.1. The van der Waals surface area contributed by atoms with E-state index in [0.717, 1.165) is 37.2 Å². The number of aromatic nitrogens is 2. The molecule has 0 spiro atoms. The molecule has 1 saturated heterocycles. The molecular weight excluding hydrogens is 322 g/mol. The van der Waals surface area contributed by atoms with E-state index in [1.807, 2.05) is 35.2 Å². The van der Waals surface area contributed by atoms with E-state index in [-0.39, 0.29) is 11.9 Å². The first-order valence-corrected chi connectivity index (χ1v) is 9.02. The summed E-state index contributed by atoms with van der Waals surface area (Å²) in [5.41, 5.74) is 3.95. The molecule has 4 rings (SSSR count). The molecule has 1 aliphatic rings. The van der Waals surface area contributed by atoms with Crippen LogP contribution in [0.4, 0.5) is 0 Å². The Morgan fingerprint density at radius 3 is 2.62 bits per heavy atom. The fraction of sp³-hybridized carbons (Fsp3) is 0.227. The van der Waals surface area contributed by atoms with E-state index in [4.69, 9.17) is 4.98 Å². The van der Waals surface area contributed by atoms with Gasteiger partial charge in [0.2, 0.25) is 0 Å². The maximum Gasteiger partial charge on any atom is 0.254 e. The average molecular weight is 343 g/mol. The number of rotatable bonds is 4. The third kappa shape index (κ3) is 3.49. The smallest absolute Gasteiger partial charge is 0.254 e. The summed E-state index contributed by atoms with van der Waals surface area (Å²) < 4.78 is 0. The Morgan fingerprint density at radius 2 is 1.81 bits per heavy atom. The summed E-state index contributed by atoms with van der Waals surface area (Å²) in [4.78, 5) is 23.7. The van der Waals surface area contributed by atoms with E-state index in [2.05, 4.69) is 23.2 Å². The molecule has 1 atom stereocenters. The van der Waals surface area contributed by atoms with E-state index in [1.54, 1.807) is 24.5 Å². The van der Waals surface area contributed by atoms with Gasteiger partial charge in [0.15, 0.2) is 0 Å². The maximum absolute atomic E-state index is 12.9. The Hall–Kier alpha value is -3.01. The van der Waals surface area contributed by atoms with Gasteiger partial charge < -0.3 is 4.90 Å². The largest absolute Gasteiger partial charge is 0.330 e. The van der Waals surface area contributed by atoms with Gasteiger partial charge in [0.1, 0.15) is 0 Å². The highest BCUT2D eigenvalue weighted by Crippen LogP contribution is 2.32. The van der Waals surface area contributed by atoms with Crippen molar-refractivity contribution in [1.82, 2.24) is 14.9 Å². The first-order chi connectivity index (χ1) is 12.8. The van der Waals surface area contributed by atoms with Crippen LogP contribution in [-0.4, -0.2) is 27.3 Å². The highest BCUT2D eigenvalue weighted by Gasteiger charge is 2.31. The summed E-state index contributed by atoms with van der Waals surface area (Å²) in [5, 5.41) is 0. The summed E-state index contributed by atoms with van der Waals surface area (Å²) in [5.74, 6) is 0.0603. The predicted octanol–water partition coefficient (Wildman–Crippen LogP) is 4.04. The number of hydrogen-bond acceptors (Lipinski definition) is 3. The zero-order valence-corrected chi connectivity index (χ0v) is 14.6. The van der Waals surface area contributed by atoms with Crippen molar-refractivity contribution in [3.8, 4) is 0 Å². The lowest BCUT2D eigenvalue weighted by Crippen LogP contribution is -2.31. The Labute approximate surface area is 153 Å². The second-order valence-corrected chi connectivity index (χ2v) is 6.61. The van der Waals surface area contributed by atoms with Gasteiger partial charge in [0, 0.05) is 36.6 Å². The van der Waals surface area contributed by atoms with Gasteiger partial charge in [-0.1, -0.05) is 36.4 Å². The monoisotopic (exact) mass is 343 g/mol. The van der Waals surface area contributed by atoms with Crippen molar-refractivity contribution in [2.75, 3.05) is 6.54 Å². The van der Waals surface area contributed by atoms with Crippen LogP contribution >= 0.6 is 0 Å². The zero-order valence-electron chi connectivity index (χ0n) is 14.6. The molecule has 0 unspecified atom stereocenters. The molecule has 1 amide bonds. The first-order valence-electron chi connectivity index (χ1n) is 9.02. The van der Waals surface area contributed by atoms with E-state index in [0.29, 0.717) is 5.56 Å². The van der Waals surface area contributed by atoms with Crippen LogP contribution in [0.15, 0.2) is 73.1 Å². The Morgan fingerprint density at radius 1 is 1.00 bits per heavy atom. The molecule has 3 heterocycles. The van der Waals surface area contributed by atoms with Crippen molar-refractivity contribution in [1.29, 1.82) is 0 Å². The first kappa shape index (κ1) is 16.5. The van der Waals surface area contributed by atoms with Gasteiger partial charge in [-0.05, 0) is 42.7 Å². The highest BCUT2D eigenvalue weighted by molar-refractivity contribution is 5.94. The average Bonchev–Trinajstić information content (AvgIpc) is 3.19. The van der Waals surface area contributed by atoms with Crippen LogP contribution in [-0.2, 0) is 6.42 Å². The quantitative estimate of drug-likeness (QED) is 0.718. The fourth-order valence-corrected chi connectivity index (χ4v) is 3.56. The lowest BCUT2D eigenvalue weighted by Gasteiger charge is -2.24. The fourth-order valence-electron chi connectivity index (χ4n) is 3.56. The number of nitrogens with zero attached hydrogens (tertiary/aromatic N) is 3. The molecule has 1 aromatic carbocycles. The van der Waals surface area contributed by atoms with E-state index >= 15 is 0 Å². The molecule has 4 heteroatoms. The normalized spacial score (nSPS) is 16.6. The van der Waals surface area contributed by atoms with Crippen molar-refractivity contribution < 1.29 is 4.79 Å². The van der Waals surface area contributed by atoms with Gasteiger partial charge in [-0.2, -0.15) is 0 Å². The number of carbonyl (C=O) groups excluding carboxylic acids is 1. The van der Waals surface area contributed by atoms with Gasteiger partial charge in [0.25, 0.3) is 5.91 Å². The Balaban J connectivity index is 1.56. The molecule has 1 aliphatic heterocycles. The van der Waals surface area contributed by atoms with Crippen LogP contribution in [0.3, 0.4) is 0 Å². The predicted molar refractivity (Wildman–Crippen MR) is 101 cm³/mol. The van der Waals surface area contributed by atoms with E-state index in [9.17, 15) is 4.79 Å². The number of carbonyl (C=O) groups is 1. The summed E-state index contributed by atoms with van der Waals surface area (Å²) in [7, 11) is 0. The van der Waals surface area contributed by atoms with Gasteiger partial charge in [-0.15, -0.1) is 0 Å². The molecule has 0 bridgehead atoms. The molecule has 26 heavy (non-hydrogen) atoms. The number of likely N-dealkylation sites (tertiary alicyclic amines) is 1. The summed E-state index contributed by atoms with van der Waals surface area (Å²) in [6.07, 6.45) is 6.10. The molecular formula is C22H21N3O. The number of hydrogen-bond donors (Lipinski definition) is 0. The topological polar surface area (TPSA) is 46.1 Å². The molecule has 0 N–H and O–H groups in total. The summed E-state index contributed by atoms with van der Waals surface area (Å²) >= 11 is 0. The number of amides is 1. The van der Waals surface area contributed by atoms with Gasteiger partial charge in [-0.25, -0.2) is 0 Å². The Kier molecular flexibility index (Phi) is 4.73. The molecule has 130 valence electrons. The number of pyridine rings is 2. The van der Waals surface area contributed by atoms with Crippen molar-refractivity contribution in [3.05, 3.63) is 95.6 Å². The molecule has 3 aromatic rings. The molecule has 1 fully saturated rings. The van der Waals surface area contributed by atoms with Crippen molar-refractivity contribution >= 4 is 5.91 Å². The molecule has 0 saturated carbocycles. The maximum atomic E-state index is 12.9. The van der Waals surface area contributed by atoms with E-state index < -0.39 is 0 Å². The highest BCUT2D eigenvalue weighted by atomic mass is 16.2. The van der Waals surface area contributed by atoms with Crippen molar-refractivity contribution in [2.24, 2.45) is 0 Å². The molecule has 0 radical (unpaired) electrons. The van der Waals surface area contributed by atoms with Gasteiger partial charge in [0.05, 0.1) is 11.7 Å². The van der Waals surface area contributed by atoms with Crippen LogP contribution in [0.2, 0.25) is 0 Å². The third-order valence-corrected chi connectivity index (χ3v) is 4.84. The summed E-state index contributed by atoms with van der Waals surface area (Å²) in [6.45, 7) is 0.774. The van der Waals surface area contributed by atoms with Crippen LogP contribution in [0.5, 0.6) is 0 Å². The molecule has 0 aliphatic carbocycles. The standard InChI is InChI=1S/C22H21N3O/c26-22(18-11-13-23-14-12-18)25-15-5-10-21(25)20-9-4-8-19(24-20)16-17-6-2-1-3-7-17/h1-4,6-9,11-14,21H,5,10,15-16H2/t21-/m1/s1. The van der Waals surface area contributed by atoms with Crippen LogP contribution in [0.1, 0.15) is 46.2 Å². The minimum atomic E-state index is 0.0476. The van der Waals surface area contributed by atoms with E-state index in [1.165, 1.54) is 5.56 Å². The lowest BCUT2D eigenvalue weighted by atomic mass is 10.1. The van der Waals surface area contributed by atoms with Crippen LogP contribution in [0.25, 0.3) is 0 Å². The third-order valence-electron chi connectivity index (χ3n) is 4.84. The number of benzene rings is 1. The lowest BCUT2D eigenvalue weighted by molar-refractivity contribution is 0.0732. The minimum absolute atomic E-state index is 0.0476.